The van der Waals surface area contributed by atoms with Crippen LogP contribution in [0.1, 0.15) is 31.4 Å². The lowest BCUT2D eigenvalue weighted by molar-refractivity contribution is 0.453. The lowest BCUT2D eigenvalue weighted by atomic mass is 10.1. The third-order valence-electron chi connectivity index (χ3n) is 3.54. The van der Waals surface area contributed by atoms with Gasteiger partial charge in [-0.15, -0.1) is 0 Å². The molecule has 0 radical (unpaired) electrons. The smallest absolute Gasteiger partial charge is 0.0715 e. The number of hydrogen-bond acceptors (Lipinski definition) is 1. The predicted molar refractivity (Wildman–Crippen MR) is 69.6 cm³/mol. The zero-order valence-corrected chi connectivity index (χ0v) is 11.2. The molecule has 0 amide bonds. The number of fused-ring (bicyclic) bond motifs is 1. The van der Waals surface area contributed by atoms with Gasteiger partial charge < -0.3 is 0 Å². The molecule has 1 aromatic carbocycles. The summed E-state index contributed by atoms with van der Waals surface area (Å²) in [5, 5.41) is 5.79. The Bertz CT molecular complexity index is 540. The van der Waals surface area contributed by atoms with Crippen molar-refractivity contribution in [2.24, 2.45) is 5.92 Å². The van der Waals surface area contributed by atoms with Gasteiger partial charge in [0.2, 0.25) is 0 Å². The van der Waals surface area contributed by atoms with Crippen molar-refractivity contribution in [1.29, 1.82) is 0 Å². The van der Waals surface area contributed by atoms with Crippen LogP contribution in [-0.4, -0.2) is 9.78 Å². The SMILES string of the molecule is Cc1cc(Br)cc2cnn(C(C)C3CC3)c12. The van der Waals surface area contributed by atoms with Crippen molar-refractivity contribution in [3.63, 3.8) is 0 Å². The molecule has 84 valence electrons. The first-order valence-electron chi connectivity index (χ1n) is 5.80. The summed E-state index contributed by atoms with van der Waals surface area (Å²) >= 11 is 3.53. The number of halogens is 1. The van der Waals surface area contributed by atoms with Crippen molar-refractivity contribution < 1.29 is 0 Å². The summed E-state index contributed by atoms with van der Waals surface area (Å²) in [5.74, 6) is 0.839. The molecule has 1 aliphatic rings. The fourth-order valence-corrected chi connectivity index (χ4v) is 3.03. The van der Waals surface area contributed by atoms with Crippen LogP contribution in [0.4, 0.5) is 0 Å². The molecule has 1 aromatic heterocycles. The second-order valence-corrected chi connectivity index (χ2v) is 5.74. The molecule has 1 fully saturated rings. The number of nitrogens with zero attached hydrogens (tertiary/aromatic N) is 2. The van der Waals surface area contributed by atoms with Crippen LogP contribution in [0, 0.1) is 12.8 Å². The van der Waals surface area contributed by atoms with Crippen LogP contribution in [0.2, 0.25) is 0 Å². The molecule has 2 nitrogen and oxygen atoms in total. The summed E-state index contributed by atoms with van der Waals surface area (Å²) < 4.78 is 3.34. The van der Waals surface area contributed by atoms with Crippen LogP contribution in [0.3, 0.4) is 0 Å². The average molecular weight is 279 g/mol. The summed E-state index contributed by atoms with van der Waals surface area (Å²) in [6.45, 7) is 4.44. The third-order valence-corrected chi connectivity index (χ3v) is 3.99. The molecule has 0 saturated heterocycles. The van der Waals surface area contributed by atoms with Gasteiger partial charge in [0, 0.05) is 9.86 Å². The number of aryl methyl sites for hydroxylation is 1. The standard InChI is InChI=1S/C13H15BrN2/c1-8-5-12(14)6-11-7-15-16(13(8)11)9(2)10-3-4-10/h5-7,9-10H,3-4H2,1-2H3. The summed E-state index contributed by atoms with van der Waals surface area (Å²) in [5.41, 5.74) is 2.59. The summed E-state index contributed by atoms with van der Waals surface area (Å²) in [4.78, 5) is 0. The summed E-state index contributed by atoms with van der Waals surface area (Å²) in [7, 11) is 0. The van der Waals surface area contributed by atoms with Gasteiger partial charge in [0.05, 0.1) is 17.8 Å². The molecule has 2 aromatic rings. The molecular weight excluding hydrogens is 264 g/mol. The van der Waals surface area contributed by atoms with Crippen LogP contribution in [0.15, 0.2) is 22.8 Å². The van der Waals surface area contributed by atoms with Crippen LogP contribution < -0.4 is 0 Å². The molecule has 0 aliphatic heterocycles. The minimum atomic E-state index is 0.539. The number of rotatable bonds is 2. The van der Waals surface area contributed by atoms with Gasteiger partial charge in [-0.2, -0.15) is 5.10 Å². The van der Waals surface area contributed by atoms with Gasteiger partial charge >= 0.3 is 0 Å². The highest BCUT2D eigenvalue weighted by Gasteiger charge is 2.30. The topological polar surface area (TPSA) is 17.8 Å². The average Bonchev–Trinajstić information content (AvgIpc) is 2.98. The molecule has 1 heterocycles. The quantitative estimate of drug-likeness (QED) is 0.810. The molecule has 1 unspecified atom stereocenters. The van der Waals surface area contributed by atoms with Crippen LogP contribution in [0.5, 0.6) is 0 Å². The highest BCUT2D eigenvalue weighted by molar-refractivity contribution is 9.10. The van der Waals surface area contributed by atoms with Gasteiger partial charge in [0.15, 0.2) is 0 Å². The Morgan fingerprint density at radius 1 is 1.44 bits per heavy atom. The van der Waals surface area contributed by atoms with E-state index in [1.165, 1.54) is 29.3 Å². The van der Waals surface area contributed by atoms with E-state index in [-0.39, 0.29) is 0 Å². The Morgan fingerprint density at radius 2 is 2.19 bits per heavy atom. The fraction of sp³-hybridized carbons (Fsp3) is 0.462. The predicted octanol–water partition coefficient (Wildman–Crippen LogP) is 4.08. The molecule has 3 rings (SSSR count). The Morgan fingerprint density at radius 3 is 2.88 bits per heavy atom. The second-order valence-electron chi connectivity index (χ2n) is 4.83. The minimum absolute atomic E-state index is 0.539. The van der Waals surface area contributed by atoms with Crippen molar-refractivity contribution in [2.75, 3.05) is 0 Å². The van der Waals surface area contributed by atoms with Crippen molar-refractivity contribution in [1.82, 2.24) is 9.78 Å². The maximum atomic E-state index is 4.55. The van der Waals surface area contributed by atoms with E-state index in [2.05, 4.69) is 51.7 Å². The van der Waals surface area contributed by atoms with Crippen molar-refractivity contribution in [2.45, 2.75) is 32.7 Å². The Hall–Kier alpha value is -0.830. The molecule has 1 aliphatic carbocycles. The minimum Gasteiger partial charge on any atom is -0.262 e. The largest absolute Gasteiger partial charge is 0.262 e. The molecule has 16 heavy (non-hydrogen) atoms. The molecular formula is C13H15BrN2. The Labute approximate surface area is 104 Å². The lowest BCUT2D eigenvalue weighted by Crippen LogP contribution is -2.09. The zero-order chi connectivity index (χ0) is 11.3. The van der Waals surface area contributed by atoms with E-state index in [0.717, 1.165) is 10.4 Å². The van der Waals surface area contributed by atoms with Crippen molar-refractivity contribution in [3.8, 4) is 0 Å². The normalized spacial score (nSPS) is 17.9. The maximum Gasteiger partial charge on any atom is 0.0715 e. The molecule has 0 bridgehead atoms. The third kappa shape index (κ3) is 1.58. The monoisotopic (exact) mass is 278 g/mol. The van der Waals surface area contributed by atoms with E-state index < -0.39 is 0 Å². The molecule has 1 atom stereocenters. The number of hydrogen-bond donors (Lipinski definition) is 0. The first-order chi connectivity index (χ1) is 7.66. The van der Waals surface area contributed by atoms with Crippen LogP contribution >= 0.6 is 15.9 Å². The molecule has 1 saturated carbocycles. The van der Waals surface area contributed by atoms with Gasteiger partial charge in [-0.3, -0.25) is 4.68 Å². The molecule has 0 spiro atoms. The number of benzene rings is 1. The highest BCUT2D eigenvalue weighted by atomic mass is 79.9. The van der Waals surface area contributed by atoms with E-state index in [9.17, 15) is 0 Å². The summed E-state index contributed by atoms with van der Waals surface area (Å²) in [6.07, 6.45) is 4.70. The van der Waals surface area contributed by atoms with Gasteiger partial charge in [0.1, 0.15) is 0 Å². The highest BCUT2D eigenvalue weighted by Crippen LogP contribution is 2.40. The molecule has 0 N–H and O–H groups in total. The van der Waals surface area contributed by atoms with Gasteiger partial charge in [-0.05, 0) is 50.3 Å². The van der Waals surface area contributed by atoms with Gasteiger partial charge in [0.25, 0.3) is 0 Å². The first kappa shape index (κ1) is 10.3. The van der Waals surface area contributed by atoms with E-state index in [0.29, 0.717) is 6.04 Å². The second kappa shape index (κ2) is 3.59. The summed E-state index contributed by atoms with van der Waals surface area (Å²) in [6, 6.07) is 4.85. The molecule has 3 heteroatoms. The zero-order valence-electron chi connectivity index (χ0n) is 9.57. The fourth-order valence-electron chi connectivity index (χ4n) is 2.44. The van der Waals surface area contributed by atoms with Crippen molar-refractivity contribution >= 4 is 26.8 Å². The Balaban J connectivity index is 2.18. The lowest BCUT2D eigenvalue weighted by Gasteiger charge is -2.13. The van der Waals surface area contributed by atoms with Gasteiger partial charge in [-0.1, -0.05) is 15.9 Å². The van der Waals surface area contributed by atoms with E-state index >= 15 is 0 Å². The van der Waals surface area contributed by atoms with Gasteiger partial charge in [-0.25, -0.2) is 0 Å². The van der Waals surface area contributed by atoms with Crippen molar-refractivity contribution in [3.05, 3.63) is 28.4 Å². The Kier molecular flexibility index (Phi) is 2.32. The maximum absolute atomic E-state index is 4.55. The van der Waals surface area contributed by atoms with Crippen LogP contribution in [0.25, 0.3) is 10.9 Å². The van der Waals surface area contributed by atoms with E-state index in [1.807, 2.05) is 6.20 Å². The van der Waals surface area contributed by atoms with E-state index in [4.69, 9.17) is 0 Å². The number of aromatic nitrogens is 2. The first-order valence-corrected chi connectivity index (χ1v) is 6.59. The van der Waals surface area contributed by atoms with E-state index in [1.54, 1.807) is 0 Å². The van der Waals surface area contributed by atoms with Crippen LogP contribution in [-0.2, 0) is 0 Å².